The van der Waals surface area contributed by atoms with Gasteiger partial charge in [0.05, 0.1) is 32.1 Å². The summed E-state index contributed by atoms with van der Waals surface area (Å²) in [5, 5.41) is 12.4. The number of aromatic nitrogens is 1. The first-order valence-electron chi connectivity index (χ1n) is 15.8. The molecule has 49 heavy (non-hydrogen) atoms. The van der Waals surface area contributed by atoms with E-state index >= 15 is 0 Å². The molecule has 2 heterocycles. The van der Waals surface area contributed by atoms with E-state index in [1.54, 1.807) is 43.0 Å². The summed E-state index contributed by atoms with van der Waals surface area (Å²) in [6.45, 7) is 1.76. The predicted octanol–water partition coefficient (Wildman–Crippen LogP) is 5.74. The van der Waals surface area contributed by atoms with Crippen LogP contribution in [0.15, 0.2) is 65.8 Å². The Kier molecular flexibility index (Phi) is 11.7. The molecule has 1 aromatic heterocycles. The van der Waals surface area contributed by atoms with Crippen LogP contribution in [0.25, 0.3) is 0 Å². The van der Waals surface area contributed by atoms with Crippen molar-refractivity contribution in [2.75, 3.05) is 11.9 Å². The zero-order chi connectivity index (χ0) is 35.3. The average molecular weight is 745 g/mol. The number of nitrogens with one attached hydrogen (secondary N) is 1. The van der Waals surface area contributed by atoms with Crippen LogP contribution in [-0.4, -0.2) is 64.2 Å². The van der Waals surface area contributed by atoms with Crippen LogP contribution in [0.4, 0.5) is 5.69 Å². The van der Waals surface area contributed by atoms with Crippen LogP contribution in [0.1, 0.15) is 66.9 Å². The first-order valence-corrected chi connectivity index (χ1v) is 18.9. The van der Waals surface area contributed by atoms with Gasteiger partial charge in [0.2, 0.25) is 10.0 Å². The first-order chi connectivity index (χ1) is 23.4. The number of amides is 1. The van der Waals surface area contributed by atoms with Gasteiger partial charge in [-0.25, -0.2) is 18.0 Å². The van der Waals surface area contributed by atoms with Crippen LogP contribution in [0, 0.1) is 11.3 Å². The Hall–Kier alpha value is -3.51. The zero-order valence-corrected chi connectivity index (χ0v) is 29.7. The van der Waals surface area contributed by atoms with Crippen molar-refractivity contribution in [1.82, 2.24) is 9.29 Å². The number of sulfonamides is 1. The highest BCUT2D eigenvalue weighted by Gasteiger charge is 2.57. The fraction of sp³-hybridized carbons (Fsp3) is 0.382. The van der Waals surface area contributed by atoms with Gasteiger partial charge in [-0.2, -0.15) is 21.3 Å². The average Bonchev–Trinajstić information content (AvgIpc) is 3.74. The lowest BCUT2D eigenvalue weighted by Gasteiger charge is -2.34. The molecule has 2 fully saturated rings. The molecule has 0 radical (unpaired) electrons. The summed E-state index contributed by atoms with van der Waals surface area (Å²) in [5.41, 5.74) is 5.84. The van der Waals surface area contributed by atoms with Gasteiger partial charge in [-0.15, -0.1) is 0 Å². The minimum Gasteiger partial charge on any atom is -0.391 e. The number of nitrogens with zero attached hydrogens (tertiary/aromatic N) is 3. The first kappa shape index (κ1) is 36.8. The molecule has 1 aliphatic carbocycles. The molecule has 2 aliphatic rings. The molecular formula is C34H35Cl2N5O6S2. The molecule has 3 N–H and O–H groups in total. The van der Waals surface area contributed by atoms with Gasteiger partial charge in [0.25, 0.3) is 5.91 Å². The maximum atomic E-state index is 14.1. The number of carbonyl (C=O) groups excluding carboxylic acids is 3. The van der Waals surface area contributed by atoms with Crippen molar-refractivity contribution in [1.29, 1.82) is 5.26 Å². The molecule has 1 saturated heterocycles. The minimum absolute atomic E-state index is 0.00456. The Balaban J connectivity index is 1.30. The number of hydrogen-bond acceptors (Lipinski definition) is 10. The van der Waals surface area contributed by atoms with Gasteiger partial charge in [-0.05, 0) is 68.0 Å². The predicted molar refractivity (Wildman–Crippen MR) is 188 cm³/mol. The fourth-order valence-electron chi connectivity index (χ4n) is 6.27. The van der Waals surface area contributed by atoms with Crippen LogP contribution >= 0.6 is 35.0 Å². The number of ether oxygens (including phenoxy) is 1. The summed E-state index contributed by atoms with van der Waals surface area (Å²) < 4.78 is 34.7. The van der Waals surface area contributed by atoms with Gasteiger partial charge in [0.15, 0.2) is 0 Å². The van der Waals surface area contributed by atoms with E-state index in [1.165, 1.54) is 36.7 Å². The second-order valence-electron chi connectivity index (χ2n) is 12.1. The van der Waals surface area contributed by atoms with Crippen LogP contribution in [0.2, 0.25) is 10.0 Å². The van der Waals surface area contributed by atoms with Gasteiger partial charge in [-0.3, -0.25) is 9.78 Å². The lowest BCUT2D eigenvalue weighted by Crippen LogP contribution is -2.54. The van der Waals surface area contributed by atoms with Crippen LogP contribution < -0.4 is 11.1 Å². The summed E-state index contributed by atoms with van der Waals surface area (Å²) in [6, 6.07) is 12.9. The summed E-state index contributed by atoms with van der Waals surface area (Å²) in [6.07, 6.45) is 7.12. The second kappa shape index (κ2) is 15.6. The van der Waals surface area contributed by atoms with Crippen molar-refractivity contribution in [3.63, 3.8) is 0 Å². The highest BCUT2D eigenvalue weighted by molar-refractivity contribution is 8.00. The number of rotatable bonds is 11. The van der Waals surface area contributed by atoms with E-state index in [0.29, 0.717) is 16.5 Å². The number of benzene rings is 2. The number of esters is 2. The van der Waals surface area contributed by atoms with Gasteiger partial charge in [0, 0.05) is 35.1 Å². The Bertz CT molecular complexity index is 1860. The summed E-state index contributed by atoms with van der Waals surface area (Å²) in [7, 11) is -4.26. The standard InChI is InChI=1S/C34H35Cl2N5O6S2/c1-2-34(16-25(48-24-7-3-4-8-24)20-41(34)49(45,46)26-9-5-6-22(14-26)17-37)33(44)47-32(43)29(38)15-21-10-12-23(13-11-21)40-31(42)30-27(35)18-39-19-28(30)36/h5-6,9-14,18-19,24-25,29H,2-4,7-8,15-16,20,38H2,1H3,(H,40,42)/t25-,29+,34+/m1/s1. The van der Waals surface area contributed by atoms with Crippen molar-refractivity contribution in [3.05, 3.63) is 87.7 Å². The lowest BCUT2D eigenvalue weighted by molar-refractivity contribution is -0.167. The topological polar surface area (TPSA) is 173 Å². The van der Waals surface area contributed by atoms with Crippen molar-refractivity contribution in [2.24, 2.45) is 5.73 Å². The van der Waals surface area contributed by atoms with Crippen molar-refractivity contribution in [2.45, 2.75) is 78.8 Å². The smallest absolute Gasteiger partial charge is 0.335 e. The lowest BCUT2D eigenvalue weighted by atomic mass is 9.94. The number of nitriles is 1. The number of halogens is 2. The van der Waals surface area contributed by atoms with Crippen LogP contribution in [-0.2, 0) is 30.8 Å². The highest BCUT2D eigenvalue weighted by atomic mass is 35.5. The third-order valence-electron chi connectivity index (χ3n) is 8.86. The molecule has 0 unspecified atom stereocenters. The number of carbonyl (C=O) groups is 3. The summed E-state index contributed by atoms with van der Waals surface area (Å²) >= 11 is 13.8. The van der Waals surface area contributed by atoms with E-state index in [0.717, 1.165) is 30.0 Å². The number of thioether (sulfide) groups is 1. The maximum absolute atomic E-state index is 14.1. The highest BCUT2D eigenvalue weighted by Crippen LogP contribution is 2.45. The molecule has 1 aliphatic heterocycles. The van der Waals surface area contributed by atoms with E-state index in [-0.39, 0.29) is 57.1 Å². The maximum Gasteiger partial charge on any atom is 0.335 e. The SMILES string of the molecule is CC[C@@]1(C(=O)OC(=O)[C@@H](N)Cc2ccc(NC(=O)c3c(Cl)cncc3Cl)cc2)C[C@@H](SC2CCCC2)CN1S(=O)(=O)c1cccc(C#N)c1. The molecule has 5 rings (SSSR count). The molecule has 3 atom stereocenters. The molecule has 0 spiro atoms. The molecule has 15 heteroatoms. The van der Waals surface area contributed by atoms with Crippen LogP contribution in [0.3, 0.4) is 0 Å². The second-order valence-corrected chi connectivity index (χ2v) is 16.4. The number of nitrogens with two attached hydrogens (primary N) is 1. The molecule has 1 amide bonds. The summed E-state index contributed by atoms with van der Waals surface area (Å²) in [4.78, 5) is 43.6. The van der Waals surface area contributed by atoms with Gasteiger partial charge in [-0.1, -0.05) is 61.2 Å². The quantitative estimate of drug-likeness (QED) is 0.182. The third kappa shape index (κ3) is 8.11. The van der Waals surface area contributed by atoms with E-state index in [4.69, 9.17) is 33.7 Å². The molecule has 11 nitrogen and oxygen atoms in total. The molecule has 1 saturated carbocycles. The third-order valence-corrected chi connectivity index (χ3v) is 12.9. The zero-order valence-electron chi connectivity index (χ0n) is 26.6. The van der Waals surface area contributed by atoms with Crippen molar-refractivity contribution < 1.29 is 27.5 Å². The molecular weight excluding hydrogens is 709 g/mol. The molecule has 3 aromatic rings. The summed E-state index contributed by atoms with van der Waals surface area (Å²) in [5.74, 6) is -2.50. The van der Waals surface area contributed by atoms with Gasteiger partial charge < -0.3 is 15.8 Å². The van der Waals surface area contributed by atoms with Crippen LogP contribution in [0.5, 0.6) is 0 Å². The van der Waals surface area contributed by atoms with E-state index in [9.17, 15) is 28.1 Å². The molecule has 258 valence electrons. The van der Waals surface area contributed by atoms with E-state index in [2.05, 4.69) is 10.3 Å². The number of anilines is 1. The Morgan fingerprint density at radius 2 is 1.80 bits per heavy atom. The van der Waals surface area contributed by atoms with E-state index < -0.39 is 39.4 Å². The monoisotopic (exact) mass is 743 g/mol. The van der Waals surface area contributed by atoms with Crippen molar-refractivity contribution in [3.8, 4) is 6.07 Å². The fourth-order valence-corrected chi connectivity index (χ4v) is 10.6. The molecule has 0 bridgehead atoms. The Labute approximate surface area is 299 Å². The van der Waals surface area contributed by atoms with Crippen molar-refractivity contribution >= 4 is 68.5 Å². The number of hydrogen-bond donors (Lipinski definition) is 2. The minimum atomic E-state index is -4.26. The van der Waals surface area contributed by atoms with Gasteiger partial charge in [0.1, 0.15) is 11.6 Å². The normalized spacial score (nSPS) is 20.4. The number of pyridine rings is 1. The molecule has 2 aromatic carbocycles. The Morgan fingerprint density at radius 3 is 2.43 bits per heavy atom. The Morgan fingerprint density at radius 1 is 1.12 bits per heavy atom. The van der Waals surface area contributed by atoms with E-state index in [1.807, 2.05) is 6.07 Å². The largest absolute Gasteiger partial charge is 0.391 e. The van der Waals surface area contributed by atoms with Gasteiger partial charge >= 0.3 is 11.9 Å².